The second-order valence-corrected chi connectivity index (χ2v) is 15.8. The quantitative estimate of drug-likeness (QED) is 0.194. The predicted octanol–water partition coefficient (Wildman–Crippen LogP) is 6.18. The number of hydrogen-bond acceptors (Lipinski definition) is 7. The molecule has 3 aromatic carbocycles. The molecule has 7 heteroatoms. The Balaban J connectivity index is 1.08. The third-order valence-corrected chi connectivity index (χ3v) is 13.6. The number of ketones is 2. The maximum atomic E-state index is 13.4. The first-order chi connectivity index (χ1) is 22.0. The fourth-order valence-electron chi connectivity index (χ4n) is 7.00. The van der Waals surface area contributed by atoms with Gasteiger partial charge in [-0.1, -0.05) is 97.2 Å². The van der Waals surface area contributed by atoms with Gasteiger partial charge in [-0.15, -0.1) is 30.9 Å². The molecule has 0 saturated heterocycles. The summed E-state index contributed by atoms with van der Waals surface area (Å²) in [5.41, 5.74) is 4.09. The highest BCUT2D eigenvalue weighted by atomic mass is 32.2. The van der Waals surface area contributed by atoms with Crippen molar-refractivity contribution >= 4 is 75.6 Å². The lowest BCUT2D eigenvalue weighted by Crippen LogP contribution is -2.29. The molecule has 4 nitrogen and oxygen atoms in total. The first kappa shape index (κ1) is 27.0. The standard InChI is InChI=1S/C38H24O4S3/c39-37-27-5-1-3-7-33(27)44(41)35-15-11-21(17-29(35)37)23-9-13-25-26-14-10-24(20-32(26)43-31(25)19-23)22-12-16-36-30(18-22)38(40)28-6-2-4-8-34(28)45(36)42/h1-9,11-20,24,27-28H,10H2/q-2. The molecule has 0 N–H and O–H groups in total. The van der Waals surface area contributed by atoms with Crippen LogP contribution in [0.15, 0.2) is 113 Å². The number of fused-ring (bicyclic) bond motifs is 7. The minimum Gasteiger partial charge on any atom is -0.457 e. The zero-order valence-corrected chi connectivity index (χ0v) is 26.2. The Morgan fingerprint density at radius 2 is 1.31 bits per heavy atom. The Morgan fingerprint density at radius 3 is 2.02 bits per heavy atom. The highest BCUT2D eigenvalue weighted by molar-refractivity contribution is 7.86. The molecule has 1 aromatic heterocycles. The van der Waals surface area contributed by atoms with Crippen LogP contribution in [0.5, 0.6) is 0 Å². The summed E-state index contributed by atoms with van der Waals surface area (Å²) in [4.78, 5) is 29.2. The summed E-state index contributed by atoms with van der Waals surface area (Å²) in [5, 5.41) is 2.42. The van der Waals surface area contributed by atoms with E-state index in [4.69, 9.17) is 0 Å². The van der Waals surface area contributed by atoms with Gasteiger partial charge in [0.25, 0.3) is 0 Å². The average molecular weight is 641 g/mol. The second kappa shape index (κ2) is 10.1. The number of carbonyl (C=O) groups excluding carboxylic acids is 2. The molecule has 0 spiro atoms. The third-order valence-electron chi connectivity index (χ3n) is 9.32. The summed E-state index contributed by atoms with van der Waals surface area (Å²) in [6, 6.07) is 17.9. The van der Waals surface area contributed by atoms with Crippen molar-refractivity contribution in [3.05, 3.63) is 130 Å². The van der Waals surface area contributed by atoms with Gasteiger partial charge in [0.15, 0.2) is 11.6 Å². The lowest BCUT2D eigenvalue weighted by molar-refractivity contribution is 0.0961. The molecule has 3 atom stereocenters. The van der Waals surface area contributed by atoms with E-state index < -0.39 is 32.6 Å². The number of Topliss-reactive ketones (excluding diaryl/α,β-unsaturated/α-hetero) is 2. The zero-order chi connectivity index (χ0) is 30.4. The van der Waals surface area contributed by atoms with E-state index in [9.17, 15) is 18.0 Å². The summed E-state index contributed by atoms with van der Waals surface area (Å²) in [7, 11) is -2.69. The van der Waals surface area contributed by atoms with Crippen LogP contribution in [-0.2, 0) is 29.2 Å². The molecule has 0 saturated carbocycles. The maximum Gasteiger partial charge on any atom is 0.170 e. The largest absolute Gasteiger partial charge is 0.457 e. The molecule has 4 aromatic rings. The van der Waals surface area contributed by atoms with Crippen molar-refractivity contribution in [3.8, 4) is 11.1 Å². The van der Waals surface area contributed by atoms with Crippen LogP contribution in [0.25, 0.3) is 33.4 Å². The fourth-order valence-corrected chi connectivity index (χ4v) is 11.1. The van der Waals surface area contributed by atoms with Crippen LogP contribution < -0.4 is 9.75 Å². The van der Waals surface area contributed by atoms with Crippen LogP contribution in [0.3, 0.4) is 0 Å². The van der Waals surface area contributed by atoms with E-state index in [1.165, 1.54) is 15.1 Å². The average Bonchev–Trinajstić information content (AvgIpc) is 3.46. The topological polar surface area (TPSA) is 68.3 Å². The third kappa shape index (κ3) is 4.07. The normalized spacial score (nSPS) is 23.2. The van der Waals surface area contributed by atoms with Crippen LogP contribution >= 0.6 is 11.3 Å². The van der Waals surface area contributed by atoms with Gasteiger partial charge >= 0.3 is 0 Å². The Kier molecular flexibility index (Phi) is 6.07. The molecule has 0 radical (unpaired) electrons. The molecule has 5 aliphatic rings. The van der Waals surface area contributed by atoms with Gasteiger partial charge in [-0.05, 0) is 46.5 Å². The van der Waals surface area contributed by atoms with Gasteiger partial charge in [0.2, 0.25) is 0 Å². The van der Waals surface area contributed by atoms with Crippen molar-refractivity contribution in [3.63, 3.8) is 0 Å². The Labute approximate surface area is 267 Å². The minimum atomic E-state index is -1.35. The van der Waals surface area contributed by atoms with Crippen molar-refractivity contribution in [2.24, 2.45) is 11.8 Å². The molecule has 3 unspecified atom stereocenters. The summed E-state index contributed by atoms with van der Waals surface area (Å²) in [6.07, 6.45) is 20.0. The first-order valence-electron chi connectivity index (χ1n) is 14.8. The lowest BCUT2D eigenvalue weighted by atomic mass is 9.87. The number of carbonyl (C=O) groups is 2. The molecule has 2 aliphatic heterocycles. The molecular formula is C38H24O4S3-2. The van der Waals surface area contributed by atoms with E-state index in [1.54, 1.807) is 23.5 Å². The van der Waals surface area contributed by atoms with Crippen molar-refractivity contribution in [1.29, 1.82) is 0 Å². The molecule has 0 amide bonds. The van der Waals surface area contributed by atoms with Crippen molar-refractivity contribution in [2.45, 2.75) is 22.1 Å². The van der Waals surface area contributed by atoms with Crippen LogP contribution in [0.1, 0.15) is 38.6 Å². The lowest BCUT2D eigenvalue weighted by Gasteiger charge is -2.30. The van der Waals surface area contributed by atoms with Crippen LogP contribution in [0.2, 0.25) is 0 Å². The van der Waals surface area contributed by atoms with Crippen molar-refractivity contribution in [1.82, 2.24) is 0 Å². The Morgan fingerprint density at radius 1 is 0.689 bits per heavy atom. The minimum absolute atomic E-state index is 0.00862. The van der Waals surface area contributed by atoms with E-state index in [0.29, 0.717) is 30.6 Å². The SMILES string of the molecule is O=C1c2cc(-c3ccc4c5c(sc4c3)=CC(c3ccc4c(c3)C(=O)C3C=CC=CC3=[S-]4=O)CC=5)ccc2[S-](=O)=C2C=CC=CC12. The summed E-state index contributed by atoms with van der Waals surface area (Å²) < 4.78 is 28.8. The molecule has 0 fully saturated rings. The van der Waals surface area contributed by atoms with Gasteiger partial charge in [0.05, 0.1) is 0 Å². The van der Waals surface area contributed by atoms with Gasteiger partial charge in [-0.3, -0.25) is 9.59 Å². The predicted molar refractivity (Wildman–Crippen MR) is 184 cm³/mol. The zero-order valence-electron chi connectivity index (χ0n) is 23.8. The van der Waals surface area contributed by atoms with E-state index in [-0.39, 0.29) is 17.5 Å². The van der Waals surface area contributed by atoms with Gasteiger partial charge in [0, 0.05) is 43.5 Å². The molecular weight excluding hydrogens is 617 g/mol. The van der Waals surface area contributed by atoms with Crippen LogP contribution in [0.4, 0.5) is 0 Å². The number of thiophene rings is 1. The van der Waals surface area contributed by atoms with Gasteiger partial charge in [-0.2, -0.15) is 0 Å². The monoisotopic (exact) mass is 640 g/mol. The van der Waals surface area contributed by atoms with Gasteiger partial charge in [0.1, 0.15) is 0 Å². The molecule has 0 bridgehead atoms. The Bertz CT molecular complexity index is 2510. The van der Waals surface area contributed by atoms with Crippen molar-refractivity contribution < 1.29 is 18.0 Å². The number of rotatable bonds is 2. The number of hydrogen-bond donors (Lipinski definition) is 0. The van der Waals surface area contributed by atoms with Crippen molar-refractivity contribution in [2.75, 3.05) is 0 Å². The Hall–Kier alpha value is -4.30. The van der Waals surface area contributed by atoms with E-state index in [1.807, 2.05) is 72.9 Å². The molecule has 3 heterocycles. The molecule has 9 rings (SSSR count). The highest BCUT2D eigenvalue weighted by Gasteiger charge is 2.27. The summed E-state index contributed by atoms with van der Waals surface area (Å²) in [6.45, 7) is 0. The van der Waals surface area contributed by atoms with Crippen LogP contribution in [-0.4, -0.2) is 21.3 Å². The van der Waals surface area contributed by atoms with Gasteiger partial charge in [-0.25, -0.2) is 20.8 Å². The van der Waals surface area contributed by atoms with E-state index >= 15 is 0 Å². The van der Waals surface area contributed by atoms with Crippen LogP contribution in [0, 0.1) is 11.8 Å². The smallest absolute Gasteiger partial charge is 0.170 e. The first-order valence-corrected chi connectivity index (χ1v) is 18.0. The molecule has 45 heavy (non-hydrogen) atoms. The number of allylic oxidation sites excluding steroid dienone is 8. The van der Waals surface area contributed by atoms with Gasteiger partial charge < -0.3 is 8.42 Å². The molecule has 220 valence electrons. The fraction of sp³-hybridized carbons (Fsp3) is 0.105. The van der Waals surface area contributed by atoms with E-state index in [2.05, 4.69) is 30.4 Å². The second-order valence-electron chi connectivity index (χ2n) is 11.8. The number of benzene rings is 3. The highest BCUT2D eigenvalue weighted by Crippen LogP contribution is 2.34. The summed E-state index contributed by atoms with van der Waals surface area (Å²) >= 11 is 1.74. The van der Waals surface area contributed by atoms with E-state index in [0.717, 1.165) is 27.8 Å². The molecule has 3 aliphatic carbocycles. The maximum absolute atomic E-state index is 13.4. The summed E-state index contributed by atoms with van der Waals surface area (Å²) in [5.74, 6) is -0.794.